The second-order valence-electron chi connectivity index (χ2n) is 3.39. The molecule has 88 valence electrons. The Morgan fingerprint density at radius 2 is 2.00 bits per heavy atom. The lowest BCUT2D eigenvalue weighted by atomic mass is 10.2. The highest BCUT2D eigenvalue weighted by molar-refractivity contribution is 7.18. The fraction of sp³-hybridized carbons (Fsp3) is 0.182. The lowest BCUT2D eigenvalue weighted by Gasteiger charge is -1.96. The van der Waals surface area contributed by atoms with Crippen LogP contribution in [0, 0.1) is 6.92 Å². The first-order valence-corrected chi connectivity index (χ1v) is 5.76. The summed E-state index contributed by atoms with van der Waals surface area (Å²) in [6, 6.07) is 7.95. The van der Waals surface area contributed by atoms with Gasteiger partial charge in [-0.1, -0.05) is 41.2 Å². The summed E-state index contributed by atoms with van der Waals surface area (Å²) in [5, 5.41) is 11.5. The van der Waals surface area contributed by atoms with Crippen LogP contribution < -0.4 is 5.32 Å². The molecule has 0 fully saturated rings. The van der Waals surface area contributed by atoms with Crippen molar-refractivity contribution in [2.75, 3.05) is 12.4 Å². The highest BCUT2D eigenvalue weighted by atomic mass is 32.1. The SMILES string of the molecule is COC(=O)Nc1nnc(-c2ccc(C)cc2)s1. The quantitative estimate of drug-likeness (QED) is 0.888. The maximum atomic E-state index is 11.0. The molecule has 2 rings (SSSR count). The summed E-state index contributed by atoms with van der Waals surface area (Å²) < 4.78 is 4.47. The molecule has 0 saturated carbocycles. The van der Waals surface area contributed by atoms with Crippen molar-refractivity contribution in [1.29, 1.82) is 0 Å². The van der Waals surface area contributed by atoms with E-state index in [0.29, 0.717) is 5.13 Å². The minimum absolute atomic E-state index is 0.424. The van der Waals surface area contributed by atoms with Crippen molar-refractivity contribution >= 4 is 22.6 Å². The van der Waals surface area contributed by atoms with Gasteiger partial charge in [0.2, 0.25) is 5.13 Å². The fourth-order valence-electron chi connectivity index (χ4n) is 1.22. The summed E-state index contributed by atoms with van der Waals surface area (Å²) in [4.78, 5) is 11.0. The Kier molecular flexibility index (Phi) is 3.34. The van der Waals surface area contributed by atoms with E-state index in [-0.39, 0.29) is 0 Å². The smallest absolute Gasteiger partial charge is 0.413 e. The van der Waals surface area contributed by atoms with Crippen LogP contribution in [0.2, 0.25) is 0 Å². The number of carbonyl (C=O) groups is 1. The van der Waals surface area contributed by atoms with E-state index in [1.165, 1.54) is 24.0 Å². The summed E-state index contributed by atoms with van der Waals surface area (Å²) >= 11 is 1.30. The number of amides is 1. The highest BCUT2D eigenvalue weighted by Crippen LogP contribution is 2.26. The van der Waals surface area contributed by atoms with E-state index in [0.717, 1.165) is 10.6 Å². The Labute approximate surface area is 102 Å². The van der Waals surface area contributed by atoms with Crippen LogP contribution in [0.4, 0.5) is 9.93 Å². The number of aromatic nitrogens is 2. The summed E-state index contributed by atoms with van der Waals surface area (Å²) in [6.07, 6.45) is -0.545. The van der Waals surface area contributed by atoms with Gasteiger partial charge in [0.05, 0.1) is 7.11 Å². The molecule has 2 aromatic rings. The third-order valence-corrected chi connectivity index (χ3v) is 3.01. The van der Waals surface area contributed by atoms with Gasteiger partial charge in [-0.2, -0.15) is 0 Å². The van der Waals surface area contributed by atoms with Crippen LogP contribution in [0.1, 0.15) is 5.56 Å². The van der Waals surface area contributed by atoms with Gasteiger partial charge in [0.25, 0.3) is 0 Å². The van der Waals surface area contributed by atoms with Crippen molar-refractivity contribution in [3.63, 3.8) is 0 Å². The van der Waals surface area contributed by atoms with Gasteiger partial charge >= 0.3 is 6.09 Å². The van der Waals surface area contributed by atoms with Crippen LogP contribution in [-0.2, 0) is 4.74 Å². The molecule has 17 heavy (non-hydrogen) atoms. The second kappa shape index (κ2) is 4.92. The Hall–Kier alpha value is -1.95. The van der Waals surface area contributed by atoms with E-state index >= 15 is 0 Å². The zero-order valence-corrected chi connectivity index (χ0v) is 10.2. The number of hydrogen-bond acceptors (Lipinski definition) is 5. The average Bonchev–Trinajstić information content (AvgIpc) is 2.78. The average molecular weight is 249 g/mol. The monoisotopic (exact) mass is 249 g/mol. The summed E-state index contributed by atoms with van der Waals surface area (Å²) in [7, 11) is 1.30. The second-order valence-corrected chi connectivity index (χ2v) is 4.37. The van der Waals surface area contributed by atoms with Crippen molar-refractivity contribution in [3.05, 3.63) is 29.8 Å². The fourth-order valence-corrected chi connectivity index (χ4v) is 1.96. The predicted octanol–water partition coefficient (Wildman–Crippen LogP) is 2.69. The van der Waals surface area contributed by atoms with Crippen molar-refractivity contribution in [3.8, 4) is 10.6 Å². The Balaban J connectivity index is 2.18. The van der Waals surface area contributed by atoms with Crippen molar-refractivity contribution in [2.24, 2.45) is 0 Å². The van der Waals surface area contributed by atoms with Gasteiger partial charge in [0.15, 0.2) is 0 Å². The van der Waals surface area contributed by atoms with Gasteiger partial charge in [-0.15, -0.1) is 10.2 Å². The first-order valence-electron chi connectivity index (χ1n) is 4.94. The largest absolute Gasteiger partial charge is 0.453 e. The standard InChI is InChI=1S/C11H11N3O2S/c1-7-3-5-8(6-4-7)9-13-14-10(17-9)12-11(15)16-2/h3-6H,1-2H3,(H,12,14,15). The molecule has 5 nitrogen and oxygen atoms in total. The number of carbonyl (C=O) groups excluding carboxylic acids is 1. The number of benzene rings is 1. The van der Waals surface area contributed by atoms with Gasteiger partial charge in [0.1, 0.15) is 5.01 Å². The van der Waals surface area contributed by atoms with E-state index in [9.17, 15) is 4.79 Å². The molecular weight excluding hydrogens is 238 g/mol. The molecule has 1 N–H and O–H groups in total. The van der Waals surface area contributed by atoms with E-state index < -0.39 is 6.09 Å². The van der Waals surface area contributed by atoms with Crippen molar-refractivity contribution in [2.45, 2.75) is 6.92 Å². The molecule has 6 heteroatoms. The lowest BCUT2D eigenvalue weighted by molar-refractivity contribution is 0.187. The number of hydrogen-bond donors (Lipinski definition) is 1. The van der Waals surface area contributed by atoms with Crippen molar-refractivity contribution < 1.29 is 9.53 Å². The molecule has 0 bridgehead atoms. The molecule has 0 aliphatic carbocycles. The number of anilines is 1. The van der Waals surface area contributed by atoms with Crippen molar-refractivity contribution in [1.82, 2.24) is 10.2 Å². The molecule has 1 heterocycles. The summed E-state index contributed by atoms with van der Waals surface area (Å²) in [5.41, 5.74) is 2.16. The molecular formula is C11H11N3O2S. The van der Waals surface area contributed by atoms with Gasteiger partial charge in [-0.3, -0.25) is 5.32 Å². The molecule has 1 aromatic heterocycles. The van der Waals surface area contributed by atoms with Gasteiger partial charge in [-0.25, -0.2) is 4.79 Å². The molecule has 0 aliphatic heterocycles. The zero-order chi connectivity index (χ0) is 12.3. The van der Waals surface area contributed by atoms with E-state index in [1.54, 1.807) is 0 Å². The lowest BCUT2D eigenvalue weighted by Crippen LogP contribution is -2.10. The van der Waals surface area contributed by atoms with E-state index in [2.05, 4.69) is 20.3 Å². The maximum Gasteiger partial charge on any atom is 0.413 e. The minimum Gasteiger partial charge on any atom is -0.453 e. The van der Waals surface area contributed by atoms with E-state index in [1.807, 2.05) is 31.2 Å². The predicted molar refractivity (Wildman–Crippen MR) is 66.1 cm³/mol. The number of rotatable bonds is 2. The van der Waals surface area contributed by atoms with Crippen LogP contribution in [-0.4, -0.2) is 23.4 Å². The maximum absolute atomic E-state index is 11.0. The third-order valence-electron chi connectivity index (χ3n) is 2.12. The molecule has 0 radical (unpaired) electrons. The summed E-state index contributed by atoms with van der Waals surface area (Å²) in [6.45, 7) is 2.02. The van der Waals surface area contributed by atoms with Crippen LogP contribution in [0.15, 0.2) is 24.3 Å². The molecule has 1 aromatic carbocycles. The molecule has 0 aliphatic rings. The minimum atomic E-state index is -0.545. The normalized spacial score (nSPS) is 10.0. The number of nitrogens with one attached hydrogen (secondary N) is 1. The number of aryl methyl sites for hydroxylation is 1. The van der Waals surface area contributed by atoms with Gasteiger partial charge < -0.3 is 4.74 Å². The topological polar surface area (TPSA) is 64.1 Å². The molecule has 0 saturated heterocycles. The van der Waals surface area contributed by atoms with Crippen LogP contribution >= 0.6 is 11.3 Å². The molecule has 1 amide bonds. The first-order chi connectivity index (χ1) is 8.19. The van der Waals surface area contributed by atoms with E-state index in [4.69, 9.17) is 0 Å². The van der Waals surface area contributed by atoms with Crippen LogP contribution in [0.3, 0.4) is 0 Å². The number of methoxy groups -OCH3 is 1. The number of nitrogens with zero attached hydrogens (tertiary/aromatic N) is 2. The third kappa shape index (κ3) is 2.79. The van der Waals surface area contributed by atoms with Gasteiger partial charge in [0, 0.05) is 5.56 Å². The number of ether oxygens (including phenoxy) is 1. The Morgan fingerprint density at radius 3 is 2.65 bits per heavy atom. The van der Waals surface area contributed by atoms with Gasteiger partial charge in [-0.05, 0) is 6.92 Å². The zero-order valence-electron chi connectivity index (χ0n) is 9.43. The van der Waals surface area contributed by atoms with Crippen LogP contribution in [0.25, 0.3) is 10.6 Å². The molecule has 0 atom stereocenters. The van der Waals surface area contributed by atoms with Crippen LogP contribution in [0.5, 0.6) is 0 Å². The highest BCUT2D eigenvalue weighted by Gasteiger charge is 2.08. The first kappa shape index (κ1) is 11.5. The molecule has 0 spiro atoms. The Morgan fingerprint density at radius 1 is 1.29 bits per heavy atom. The summed E-state index contributed by atoms with van der Waals surface area (Å²) in [5.74, 6) is 0. The Bertz CT molecular complexity index is 522. The molecule has 0 unspecified atom stereocenters.